The van der Waals surface area contributed by atoms with Crippen molar-refractivity contribution in [3.63, 3.8) is 0 Å². The lowest BCUT2D eigenvalue weighted by atomic mass is 10.2. The first-order chi connectivity index (χ1) is 9.52. The largest absolute Gasteiger partial charge is 0.376 e. The molecule has 0 aliphatic rings. The van der Waals surface area contributed by atoms with Crippen molar-refractivity contribution in [1.82, 2.24) is 0 Å². The van der Waals surface area contributed by atoms with E-state index in [2.05, 4.69) is 26.6 Å². The van der Waals surface area contributed by atoms with Crippen molar-refractivity contribution >= 4 is 44.8 Å². The average Bonchev–Trinajstić information content (AvgIpc) is 2.38. The predicted molar refractivity (Wildman–Crippen MR) is 87.5 cm³/mol. The monoisotopic (exact) mass is 352 g/mol. The molecular formula is C15H14BrClN2O. The standard InChI is InChI=1S/C15H14BrClN2O/c1-10-6-11(16)8-14(7-10)18-9-15(20)19-13-4-2-12(17)3-5-13/h2-8,18H,9H2,1H3,(H,19,20). The van der Waals surface area contributed by atoms with E-state index >= 15 is 0 Å². The van der Waals surface area contributed by atoms with Crippen molar-refractivity contribution in [1.29, 1.82) is 0 Å². The van der Waals surface area contributed by atoms with Crippen LogP contribution in [0.25, 0.3) is 0 Å². The topological polar surface area (TPSA) is 41.1 Å². The number of benzene rings is 2. The lowest BCUT2D eigenvalue weighted by Gasteiger charge is -2.09. The van der Waals surface area contributed by atoms with Gasteiger partial charge in [-0.25, -0.2) is 0 Å². The van der Waals surface area contributed by atoms with E-state index in [1.54, 1.807) is 24.3 Å². The van der Waals surface area contributed by atoms with Crippen LogP contribution >= 0.6 is 27.5 Å². The third-order valence-corrected chi connectivity index (χ3v) is 3.33. The van der Waals surface area contributed by atoms with Crippen LogP contribution in [-0.2, 0) is 4.79 Å². The number of aryl methyl sites for hydroxylation is 1. The molecule has 1 amide bonds. The maximum Gasteiger partial charge on any atom is 0.243 e. The number of rotatable bonds is 4. The maximum absolute atomic E-state index is 11.8. The van der Waals surface area contributed by atoms with Crippen molar-refractivity contribution in [2.45, 2.75) is 6.92 Å². The predicted octanol–water partition coefficient (Wildman–Crippen LogP) is 4.46. The van der Waals surface area contributed by atoms with Gasteiger partial charge in [-0.2, -0.15) is 0 Å². The molecule has 2 aromatic rings. The van der Waals surface area contributed by atoms with E-state index in [0.717, 1.165) is 21.4 Å². The number of nitrogens with one attached hydrogen (secondary N) is 2. The van der Waals surface area contributed by atoms with Crippen LogP contribution in [0.5, 0.6) is 0 Å². The second kappa shape index (κ2) is 6.77. The molecule has 0 unspecified atom stereocenters. The van der Waals surface area contributed by atoms with Gasteiger partial charge < -0.3 is 10.6 Å². The van der Waals surface area contributed by atoms with Crippen molar-refractivity contribution in [2.75, 3.05) is 17.2 Å². The Morgan fingerprint density at radius 3 is 2.50 bits per heavy atom. The smallest absolute Gasteiger partial charge is 0.243 e. The Labute approximate surface area is 131 Å². The minimum atomic E-state index is -0.107. The SMILES string of the molecule is Cc1cc(Br)cc(NCC(=O)Nc2ccc(Cl)cc2)c1. The molecule has 2 aromatic carbocycles. The molecule has 0 heterocycles. The van der Waals surface area contributed by atoms with Crippen LogP contribution in [-0.4, -0.2) is 12.5 Å². The van der Waals surface area contributed by atoms with Gasteiger partial charge >= 0.3 is 0 Å². The van der Waals surface area contributed by atoms with Crippen LogP contribution in [0.1, 0.15) is 5.56 Å². The fourth-order valence-corrected chi connectivity index (χ4v) is 2.49. The van der Waals surface area contributed by atoms with Gasteiger partial charge in [-0.1, -0.05) is 27.5 Å². The Balaban J connectivity index is 1.90. The van der Waals surface area contributed by atoms with Crippen LogP contribution in [0, 0.1) is 6.92 Å². The highest BCUT2D eigenvalue weighted by Crippen LogP contribution is 2.19. The molecule has 2 N–H and O–H groups in total. The van der Waals surface area contributed by atoms with Crippen LogP contribution in [0.4, 0.5) is 11.4 Å². The van der Waals surface area contributed by atoms with E-state index in [1.165, 1.54) is 0 Å². The van der Waals surface area contributed by atoms with E-state index in [-0.39, 0.29) is 12.5 Å². The van der Waals surface area contributed by atoms with Gasteiger partial charge in [0, 0.05) is 20.9 Å². The minimum absolute atomic E-state index is 0.107. The first-order valence-corrected chi connectivity index (χ1v) is 7.26. The van der Waals surface area contributed by atoms with E-state index in [1.807, 2.05) is 25.1 Å². The summed E-state index contributed by atoms with van der Waals surface area (Å²) in [4.78, 5) is 11.8. The summed E-state index contributed by atoms with van der Waals surface area (Å²) in [5.41, 5.74) is 2.76. The molecule has 2 rings (SSSR count). The van der Waals surface area contributed by atoms with Crippen molar-refractivity contribution in [3.05, 3.63) is 57.5 Å². The Kier molecular flexibility index (Phi) is 5.04. The fraction of sp³-hybridized carbons (Fsp3) is 0.133. The van der Waals surface area contributed by atoms with E-state index < -0.39 is 0 Å². The molecule has 0 radical (unpaired) electrons. The maximum atomic E-state index is 11.8. The van der Waals surface area contributed by atoms with Gasteiger partial charge in [0.25, 0.3) is 0 Å². The molecule has 0 fully saturated rings. The third-order valence-electron chi connectivity index (χ3n) is 2.62. The molecular weight excluding hydrogens is 340 g/mol. The Morgan fingerprint density at radius 1 is 1.15 bits per heavy atom. The highest BCUT2D eigenvalue weighted by Gasteiger charge is 2.03. The number of hydrogen-bond acceptors (Lipinski definition) is 2. The van der Waals surface area contributed by atoms with Crippen LogP contribution < -0.4 is 10.6 Å². The van der Waals surface area contributed by atoms with Gasteiger partial charge in [0.2, 0.25) is 5.91 Å². The molecule has 0 saturated carbocycles. The highest BCUT2D eigenvalue weighted by atomic mass is 79.9. The van der Waals surface area contributed by atoms with Gasteiger partial charge in [0.15, 0.2) is 0 Å². The summed E-state index contributed by atoms with van der Waals surface area (Å²) in [6.45, 7) is 2.21. The zero-order chi connectivity index (χ0) is 14.5. The molecule has 20 heavy (non-hydrogen) atoms. The molecule has 0 atom stereocenters. The molecule has 3 nitrogen and oxygen atoms in total. The zero-order valence-corrected chi connectivity index (χ0v) is 13.3. The highest BCUT2D eigenvalue weighted by molar-refractivity contribution is 9.10. The van der Waals surface area contributed by atoms with Gasteiger partial charge in [-0.05, 0) is 55.0 Å². The van der Waals surface area contributed by atoms with E-state index in [9.17, 15) is 4.79 Å². The number of carbonyl (C=O) groups is 1. The molecule has 0 aromatic heterocycles. The third kappa shape index (κ3) is 4.54. The van der Waals surface area contributed by atoms with E-state index in [4.69, 9.17) is 11.6 Å². The zero-order valence-electron chi connectivity index (χ0n) is 10.9. The fourth-order valence-electron chi connectivity index (χ4n) is 1.76. The van der Waals surface area contributed by atoms with Crippen LogP contribution in [0.15, 0.2) is 46.9 Å². The van der Waals surface area contributed by atoms with Crippen molar-refractivity contribution in [3.8, 4) is 0 Å². The van der Waals surface area contributed by atoms with Gasteiger partial charge in [0.1, 0.15) is 0 Å². The number of anilines is 2. The molecule has 0 bridgehead atoms. The average molecular weight is 354 g/mol. The molecule has 0 spiro atoms. The second-order valence-electron chi connectivity index (χ2n) is 4.43. The first kappa shape index (κ1) is 14.9. The molecule has 104 valence electrons. The summed E-state index contributed by atoms with van der Waals surface area (Å²) in [5, 5.41) is 6.53. The first-order valence-electron chi connectivity index (χ1n) is 6.09. The van der Waals surface area contributed by atoms with Gasteiger partial charge in [-0.15, -0.1) is 0 Å². The quantitative estimate of drug-likeness (QED) is 0.852. The van der Waals surface area contributed by atoms with Crippen LogP contribution in [0.2, 0.25) is 5.02 Å². The molecule has 0 saturated heterocycles. The number of hydrogen-bond donors (Lipinski definition) is 2. The number of carbonyl (C=O) groups excluding carboxylic acids is 1. The number of halogens is 2. The summed E-state index contributed by atoms with van der Waals surface area (Å²) in [6, 6.07) is 12.9. The lowest BCUT2D eigenvalue weighted by molar-refractivity contribution is -0.114. The van der Waals surface area contributed by atoms with Crippen LogP contribution in [0.3, 0.4) is 0 Å². The van der Waals surface area contributed by atoms with Gasteiger partial charge in [0.05, 0.1) is 6.54 Å². The Bertz CT molecular complexity index is 594. The summed E-state index contributed by atoms with van der Waals surface area (Å²) in [7, 11) is 0. The van der Waals surface area contributed by atoms with Gasteiger partial charge in [-0.3, -0.25) is 4.79 Å². The second-order valence-corrected chi connectivity index (χ2v) is 5.78. The number of amides is 1. The Morgan fingerprint density at radius 2 is 1.85 bits per heavy atom. The lowest BCUT2D eigenvalue weighted by Crippen LogP contribution is -2.21. The summed E-state index contributed by atoms with van der Waals surface area (Å²) in [5.74, 6) is -0.107. The van der Waals surface area contributed by atoms with E-state index in [0.29, 0.717) is 5.02 Å². The minimum Gasteiger partial charge on any atom is -0.376 e. The normalized spacial score (nSPS) is 10.2. The molecule has 0 aliphatic heterocycles. The summed E-state index contributed by atoms with van der Waals surface area (Å²) < 4.78 is 0.984. The van der Waals surface area contributed by atoms with Crippen molar-refractivity contribution < 1.29 is 4.79 Å². The molecule has 0 aliphatic carbocycles. The summed E-state index contributed by atoms with van der Waals surface area (Å²) >= 11 is 9.22. The Hall–Kier alpha value is -1.52. The molecule has 5 heteroatoms. The summed E-state index contributed by atoms with van der Waals surface area (Å²) in [6.07, 6.45) is 0. The van der Waals surface area contributed by atoms with Crippen molar-refractivity contribution in [2.24, 2.45) is 0 Å².